The average molecular weight is 213 g/mol. The Balaban J connectivity index is 2.38. The van der Waals surface area contributed by atoms with Crippen LogP contribution in [0.25, 0.3) is 0 Å². The zero-order valence-corrected chi connectivity index (χ0v) is 9.22. The van der Waals surface area contributed by atoms with Crippen LogP contribution in [0.4, 0.5) is 5.82 Å². The van der Waals surface area contributed by atoms with E-state index in [-0.39, 0.29) is 6.04 Å². The van der Waals surface area contributed by atoms with Crippen molar-refractivity contribution in [3.05, 3.63) is 59.3 Å². The van der Waals surface area contributed by atoms with Gasteiger partial charge in [0.05, 0.1) is 6.04 Å². The maximum absolute atomic E-state index is 6.19. The summed E-state index contributed by atoms with van der Waals surface area (Å²) in [6.45, 7) is 2.00. The number of hydrogen-bond acceptors (Lipinski definition) is 3. The first-order valence-electron chi connectivity index (χ1n) is 5.21. The summed E-state index contributed by atoms with van der Waals surface area (Å²) in [6, 6.07) is 11.7. The lowest BCUT2D eigenvalue weighted by molar-refractivity contribution is 0.854. The zero-order valence-electron chi connectivity index (χ0n) is 9.22. The minimum Gasteiger partial charge on any atom is -0.384 e. The molecule has 0 bridgehead atoms. The normalized spacial score (nSPS) is 12.4. The van der Waals surface area contributed by atoms with Gasteiger partial charge >= 0.3 is 0 Å². The molecule has 3 heteroatoms. The molecule has 0 radical (unpaired) electrons. The van der Waals surface area contributed by atoms with Gasteiger partial charge < -0.3 is 11.5 Å². The molecule has 0 saturated carbocycles. The summed E-state index contributed by atoms with van der Waals surface area (Å²) in [5.74, 6) is 0.529. The van der Waals surface area contributed by atoms with Crippen LogP contribution in [-0.2, 0) is 0 Å². The molecule has 2 aromatic rings. The van der Waals surface area contributed by atoms with Gasteiger partial charge in [0.1, 0.15) is 5.82 Å². The minimum atomic E-state index is -0.144. The van der Waals surface area contributed by atoms with Gasteiger partial charge in [-0.25, -0.2) is 4.98 Å². The number of anilines is 1. The highest BCUT2D eigenvalue weighted by Gasteiger charge is 2.11. The highest BCUT2D eigenvalue weighted by atomic mass is 14.8. The maximum atomic E-state index is 6.19. The third-order valence-corrected chi connectivity index (χ3v) is 2.67. The first-order valence-corrected chi connectivity index (χ1v) is 5.21. The van der Waals surface area contributed by atoms with E-state index in [1.807, 2.05) is 43.3 Å². The molecule has 1 heterocycles. The predicted molar refractivity (Wildman–Crippen MR) is 65.9 cm³/mol. The van der Waals surface area contributed by atoms with E-state index in [4.69, 9.17) is 11.5 Å². The Morgan fingerprint density at radius 2 is 1.88 bits per heavy atom. The van der Waals surface area contributed by atoms with Gasteiger partial charge in [-0.2, -0.15) is 0 Å². The van der Waals surface area contributed by atoms with Crippen molar-refractivity contribution in [2.75, 3.05) is 5.73 Å². The lowest BCUT2D eigenvalue weighted by atomic mass is 9.98. The molecule has 0 aliphatic rings. The number of hydrogen-bond donors (Lipinski definition) is 2. The molecular weight excluding hydrogens is 198 g/mol. The second kappa shape index (κ2) is 4.33. The van der Waals surface area contributed by atoms with Crippen molar-refractivity contribution >= 4 is 5.82 Å². The van der Waals surface area contributed by atoms with E-state index in [0.717, 1.165) is 16.7 Å². The van der Waals surface area contributed by atoms with E-state index in [0.29, 0.717) is 5.82 Å². The summed E-state index contributed by atoms with van der Waals surface area (Å²) in [6.07, 6.45) is 1.75. The van der Waals surface area contributed by atoms with Gasteiger partial charge in [-0.05, 0) is 29.7 Å². The largest absolute Gasteiger partial charge is 0.384 e. The van der Waals surface area contributed by atoms with Crippen LogP contribution < -0.4 is 11.5 Å². The van der Waals surface area contributed by atoms with E-state index >= 15 is 0 Å². The van der Waals surface area contributed by atoms with E-state index in [1.165, 1.54) is 0 Å². The molecule has 0 amide bonds. The van der Waals surface area contributed by atoms with Gasteiger partial charge in [-0.1, -0.05) is 30.3 Å². The fourth-order valence-corrected chi connectivity index (χ4v) is 1.75. The Hall–Kier alpha value is -1.87. The molecule has 1 atom stereocenters. The van der Waals surface area contributed by atoms with E-state index in [2.05, 4.69) is 4.98 Å². The van der Waals surface area contributed by atoms with Crippen LogP contribution >= 0.6 is 0 Å². The lowest BCUT2D eigenvalue weighted by Crippen LogP contribution is -2.13. The summed E-state index contributed by atoms with van der Waals surface area (Å²) in [4.78, 5) is 4.08. The molecule has 0 aliphatic heterocycles. The number of rotatable bonds is 2. The zero-order chi connectivity index (χ0) is 11.5. The molecule has 82 valence electrons. The van der Waals surface area contributed by atoms with Crippen LogP contribution in [0, 0.1) is 6.92 Å². The molecule has 0 spiro atoms. The topological polar surface area (TPSA) is 64.9 Å². The average Bonchev–Trinajstić information content (AvgIpc) is 2.29. The fraction of sp³-hybridized carbons (Fsp3) is 0.154. The van der Waals surface area contributed by atoms with Gasteiger partial charge in [0.15, 0.2) is 0 Å². The van der Waals surface area contributed by atoms with E-state index in [1.54, 1.807) is 6.20 Å². The number of aryl methyl sites for hydroxylation is 1. The Kier molecular flexibility index (Phi) is 2.88. The molecule has 0 fully saturated rings. The monoisotopic (exact) mass is 213 g/mol. The van der Waals surface area contributed by atoms with E-state index in [9.17, 15) is 0 Å². The molecule has 0 saturated heterocycles. The lowest BCUT2D eigenvalue weighted by Gasteiger charge is -2.14. The van der Waals surface area contributed by atoms with Crippen molar-refractivity contribution in [3.8, 4) is 0 Å². The molecule has 4 N–H and O–H groups in total. The number of pyridine rings is 1. The van der Waals surface area contributed by atoms with Crippen LogP contribution in [-0.4, -0.2) is 4.98 Å². The summed E-state index contributed by atoms with van der Waals surface area (Å²) >= 11 is 0. The Morgan fingerprint density at radius 3 is 2.50 bits per heavy atom. The second-order valence-corrected chi connectivity index (χ2v) is 3.85. The highest BCUT2D eigenvalue weighted by Crippen LogP contribution is 2.22. The molecule has 16 heavy (non-hydrogen) atoms. The summed E-state index contributed by atoms with van der Waals surface area (Å²) in [5, 5.41) is 0. The van der Waals surface area contributed by atoms with Gasteiger partial charge in [-0.15, -0.1) is 0 Å². The van der Waals surface area contributed by atoms with Crippen molar-refractivity contribution in [1.29, 1.82) is 0 Å². The Labute approximate surface area is 95.1 Å². The first-order chi connectivity index (χ1) is 7.68. The van der Waals surface area contributed by atoms with Gasteiger partial charge in [0.2, 0.25) is 0 Å². The van der Waals surface area contributed by atoms with Crippen molar-refractivity contribution in [3.63, 3.8) is 0 Å². The number of nitrogens with zero attached hydrogens (tertiary/aromatic N) is 1. The van der Waals surface area contributed by atoms with Crippen molar-refractivity contribution in [1.82, 2.24) is 4.98 Å². The van der Waals surface area contributed by atoms with Crippen LogP contribution in [0.3, 0.4) is 0 Å². The Morgan fingerprint density at radius 1 is 1.19 bits per heavy atom. The third kappa shape index (κ3) is 2.04. The van der Waals surface area contributed by atoms with E-state index < -0.39 is 0 Å². The van der Waals surface area contributed by atoms with Gasteiger partial charge in [0.25, 0.3) is 0 Å². The fourth-order valence-electron chi connectivity index (χ4n) is 1.75. The van der Waals surface area contributed by atoms with Crippen molar-refractivity contribution in [2.45, 2.75) is 13.0 Å². The molecule has 2 rings (SSSR count). The molecule has 0 unspecified atom stereocenters. The van der Waals surface area contributed by atoms with Crippen molar-refractivity contribution < 1.29 is 0 Å². The molecule has 1 aromatic carbocycles. The number of nitrogen functional groups attached to an aromatic ring is 1. The molecule has 0 aliphatic carbocycles. The maximum Gasteiger partial charge on any atom is 0.123 e. The number of nitrogens with two attached hydrogens (primary N) is 2. The number of aromatic nitrogens is 1. The standard InChI is InChI=1S/C13H15N3/c1-9-7-12(14)16-8-11(9)13(15)10-5-3-2-4-6-10/h2-8,13H,15H2,1H3,(H2,14,16)/t13-/m0/s1. The minimum absolute atomic E-state index is 0.144. The second-order valence-electron chi connectivity index (χ2n) is 3.85. The SMILES string of the molecule is Cc1cc(N)ncc1[C@@H](N)c1ccccc1. The molecule has 1 aromatic heterocycles. The van der Waals surface area contributed by atoms with Crippen LogP contribution in [0.15, 0.2) is 42.6 Å². The highest BCUT2D eigenvalue weighted by molar-refractivity contribution is 5.41. The molecule has 3 nitrogen and oxygen atoms in total. The van der Waals surface area contributed by atoms with Gasteiger partial charge in [0, 0.05) is 6.20 Å². The van der Waals surface area contributed by atoms with Crippen LogP contribution in [0.1, 0.15) is 22.7 Å². The Bertz CT molecular complexity index is 480. The summed E-state index contributed by atoms with van der Waals surface area (Å²) in [7, 11) is 0. The quantitative estimate of drug-likeness (QED) is 0.802. The van der Waals surface area contributed by atoms with Gasteiger partial charge in [-0.3, -0.25) is 0 Å². The van der Waals surface area contributed by atoms with Crippen LogP contribution in [0.5, 0.6) is 0 Å². The molecular formula is C13H15N3. The van der Waals surface area contributed by atoms with Crippen molar-refractivity contribution in [2.24, 2.45) is 5.73 Å². The first kappa shape index (κ1) is 10.6. The predicted octanol–water partition coefficient (Wildman–Crippen LogP) is 2.02. The smallest absolute Gasteiger partial charge is 0.123 e. The summed E-state index contributed by atoms with van der Waals surface area (Å²) < 4.78 is 0. The number of benzene rings is 1. The third-order valence-electron chi connectivity index (χ3n) is 2.67. The van der Waals surface area contributed by atoms with Crippen LogP contribution in [0.2, 0.25) is 0 Å². The summed E-state index contributed by atoms with van der Waals surface area (Å²) in [5.41, 5.74) is 15.0.